The van der Waals surface area contributed by atoms with Crippen LogP contribution in [-0.2, 0) is 12.7 Å². The summed E-state index contributed by atoms with van der Waals surface area (Å²) in [4.78, 5) is 30.8. The molecule has 1 aliphatic rings. The van der Waals surface area contributed by atoms with E-state index in [0.29, 0.717) is 48.6 Å². The number of anilines is 2. The van der Waals surface area contributed by atoms with E-state index in [0.717, 1.165) is 24.6 Å². The number of carbonyl (C=O) groups is 1. The molecule has 0 spiro atoms. The monoisotopic (exact) mass is 587 g/mol. The molecule has 3 N–H and O–H groups in total. The molecule has 1 aliphatic carbocycles. The number of benzene rings is 2. The average Bonchev–Trinajstić information content (AvgIpc) is 2.95. The zero-order chi connectivity index (χ0) is 30.4. The highest BCUT2D eigenvalue weighted by Crippen LogP contribution is 2.35. The van der Waals surface area contributed by atoms with E-state index in [1.165, 1.54) is 25.3 Å². The van der Waals surface area contributed by atoms with Gasteiger partial charge in [0.1, 0.15) is 5.82 Å². The smallest absolute Gasteiger partial charge is 0.372 e. The third kappa shape index (κ3) is 7.98. The summed E-state index contributed by atoms with van der Waals surface area (Å²) < 4.78 is 56.1. The number of aromatic amines is 1. The zero-order valence-corrected chi connectivity index (χ0v) is 24.1. The lowest BCUT2D eigenvalue weighted by Gasteiger charge is -2.25. The van der Waals surface area contributed by atoms with Crippen molar-refractivity contribution in [1.29, 1.82) is 0 Å². The van der Waals surface area contributed by atoms with Gasteiger partial charge in [0.05, 0.1) is 22.5 Å². The number of nitrogens with zero attached hydrogens (tertiary/aromatic N) is 2. The van der Waals surface area contributed by atoms with Crippen molar-refractivity contribution in [2.45, 2.75) is 50.9 Å². The lowest BCUT2D eigenvalue weighted by molar-refractivity contribution is -0.138. The number of hydrogen-bond donors (Lipinski definition) is 3. The third-order valence-electron chi connectivity index (χ3n) is 7.55. The third-order valence-corrected chi connectivity index (χ3v) is 7.55. The van der Waals surface area contributed by atoms with Gasteiger partial charge in [-0.15, -0.1) is 0 Å². The Morgan fingerprint density at radius 2 is 1.74 bits per heavy atom. The summed E-state index contributed by atoms with van der Waals surface area (Å²) >= 11 is 0. The number of pyridine rings is 1. The van der Waals surface area contributed by atoms with Crippen LogP contribution >= 0.6 is 0 Å². The van der Waals surface area contributed by atoms with E-state index in [1.54, 1.807) is 37.4 Å². The normalized spacial score (nSPS) is 14.3. The van der Waals surface area contributed by atoms with Crippen molar-refractivity contribution in [1.82, 2.24) is 15.2 Å². The number of rotatable bonds is 10. The Morgan fingerprint density at radius 3 is 2.43 bits per heavy atom. The number of aromatic nitrogens is 1. The molecule has 1 saturated carbocycles. The first kappa shape index (κ1) is 31.2. The van der Waals surface area contributed by atoms with Crippen LogP contribution in [-0.4, -0.2) is 56.1 Å². The van der Waals surface area contributed by atoms with E-state index in [2.05, 4.69) is 15.6 Å². The molecular weight excluding hydrogens is 550 g/mol. The summed E-state index contributed by atoms with van der Waals surface area (Å²) in [5, 5.41) is 6.14. The summed E-state index contributed by atoms with van der Waals surface area (Å²) in [6.45, 7) is 1.81. The van der Waals surface area contributed by atoms with E-state index >= 15 is 4.39 Å². The van der Waals surface area contributed by atoms with Crippen molar-refractivity contribution in [3.63, 3.8) is 0 Å². The van der Waals surface area contributed by atoms with E-state index in [1.807, 2.05) is 23.9 Å². The molecule has 3 aromatic rings. The van der Waals surface area contributed by atoms with Crippen LogP contribution in [0.2, 0.25) is 0 Å². The van der Waals surface area contributed by atoms with Gasteiger partial charge < -0.3 is 25.4 Å². The topological polar surface area (TPSA) is 80.5 Å². The van der Waals surface area contributed by atoms with Crippen LogP contribution in [0.3, 0.4) is 0 Å². The summed E-state index contributed by atoms with van der Waals surface area (Å²) in [5.74, 6) is -1.51. The fourth-order valence-corrected chi connectivity index (χ4v) is 5.16. The number of nitrogens with one attached hydrogen (secondary N) is 3. The van der Waals surface area contributed by atoms with Crippen molar-refractivity contribution < 1.29 is 22.4 Å². The van der Waals surface area contributed by atoms with Crippen LogP contribution in [0.15, 0.2) is 53.5 Å². The number of likely N-dealkylation sites (N-methyl/N-ethyl adjacent to an activating group) is 2. The summed E-state index contributed by atoms with van der Waals surface area (Å²) in [6.07, 6.45) is 1.71. The molecule has 0 unspecified atom stereocenters. The summed E-state index contributed by atoms with van der Waals surface area (Å²) in [5.41, 5.74) is -0.606. The minimum atomic E-state index is -4.91. The van der Waals surface area contributed by atoms with E-state index in [9.17, 15) is 22.8 Å². The molecule has 2 aromatic carbocycles. The van der Waals surface area contributed by atoms with Crippen LogP contribution in [0, 0.1) is 5.82 Å². The molecule has 0 atom stereocenters. The van der Waals surface area contributed by atoms with Gasteiger partial charge in [-0.05, 0) is 62.3 Å². The predicted molar refractivity (Wildman–Crippen MR) is 157 cm³/mol. The highest BCUT2D eigenvalue weighted by Gasteiger charge is 2.36. The number of amides is 1. The first-order valence-corrected chi connectivity index (χ1v) is 14.1. The van der Waals surface area contributed by atoms with E-state index < -0.39 is 34.6 Å². The number of halogens is 4. The first-order valence-electron chi connectivity index (χ1n) is 14.1. The van der Waals surface area contributed by atoms with Crippen molar-refractivity contribution in [3.05, 3.63) is 81.5 Å². The van der Waals surface area contributed by atoms with Gasteiger partial charge >= 0.3 is 6.18 Å². The van der Waals surface area contributed by atoms with Crippen LogP contribution in [0.25, 0.3) is 11.1 Å². The Morgan fingerprint density at radius 1 is 1.00 bits per heavy atom. The Balaban J connectivity index is 1.68. The minimum Gasteiger partial charge on any atom is -0.372 e. The second-order valence-corrected chi connectivity index (χ2v) is 11.1. The number of carbonyl (C=O) groups excluding carboxylic acids is 1. The molecule has 7 nitrogen and oxygen atoms in total. The SMILES string of the molecule is CN(C)CCN(C)c1ccc(-c2cc(CNC3CCCCC3)ccc2F)cc1NC(=O)c1c[nH]c(=O)cc1C(F)(F)F. The van der Waals surface area contributed by atoms with Crippen molar-refractivity contribution in [2.24, 2.45) is 0 Å². The van der Waals surface area contributed by atoms with Gasteiger partial charge in [-0.3, -0.25) is 9.59 Å². The number of alkyl halides is 3. The quantitative estimate of drug-likeness (QED) is 0.259. The molecule has 11 heteroatoms. The molecular formula is C31H37F4N5O2. The molecule has 42 heavy (non-hydrogen) atoms. The van der Waals surface area contributed by atoms with E-state index in [4.69, 9.17) is 0 Å². The largest absolute Gasteiger partial charge is 0.417 e. The Hall–Kier alpha value is -3.70. The minimum absolute atomic E-state index is 0.211. The number of hydrogen-bond acceptors (Lipinski definition) is 5. The van der Waals surface area contributed by atoms with Crippen LogP contribution in [0.5, 0.6) is 0 Å². The Kier molecular flexibility index (Phi) is 10.1. The molecule has 0 radical (unpaired) electrons. The lowest BCUT2D eigenvalue weighted by atomic mass is 9.95. The molecule has 1 heterocycles. The Labute approximate surface area is 242 Å². The molecule has 4 rings (SSSR count). The lowest BCUT2D eigenvalue weighted by Crippen LogP contribution is -2.30. The molecule has 1 amide bonds. The van der Waals surface area contributed by atoms with Gasteiger partial charge in [0.25, 0.3) is 5.91 Å². The van der Waals surface area contributed by atoms with Gasteiger partial charge in [0.15, 0.2) is 0 Å². The standard InChI is InChI=1S/C31H37F4N5O2/c1-39(2)13-14-40(3)28-12-10-21(23-15-20(9-11-26(23)32)18-36-22-7-5-4-6-8-22)16-27(28)38-30(42)24-19-37-29(41)17-25(24)31(33,34)35/h9-12,15-17,19,22,36H,4-8,13-14,18H2,1-3H3,(H,37,41)(H,38,42). The Bertz CT molecular complexity index is 1450. The van der Waals surface area contributed by atoms with Crippen LogP contribution in [0.1, 0.15) is 53.6 Å². The average molecular weight is 588 g/mol. The zero-order valence-electron chi connectivity index (χ0n) is 24.1. The van der Waals surface area contributed by atoms with Crippen molar-refractivity contribution >= 4 is 17.3 Å². The molecule has 1 fully saturated rings. The first-order chi connectivity index (χ1) is 19.9. The van der Waals surface area contributed by atoms with Gasteiger partial charge in [-0.1, -0.05) is 31.4 Å². The fourth-order valence-electron chi connectivity index (χ4n) is 5.16. The van der Waals surface area contributed by atoms with E-state index in [-0.39, 0.29) is 5.69 Å². The van der Waals surface area contributed by atoms with Gasteiger partial charge in [0, 0.05) is 50.6 Å². The molecule has 0 bridgehead atoms. The maximum Gasteiger partial charge on any atom is 0.417 e. The highest BCUT2D eigenvalue weighted by atomic mass is 19.4. The van der Waals surface area contributed by atoms with Gasteiger partial charge in [-0.2, -0.15) is 13.2 Å². The second kappa shape index (κ2) is 13.5. The van der Waals surface area contributed by atoms with Gasteiger partial charge in [0.2, 0.25) is 5.56 Å². The van der Waals surface area contributed by atoms with Crippen molar-refractivity contribution in [2.75, 3.05) is 44.4 Å². The summed E-state index contributed by atoms with van der Waals surface area (Å²) in [7, 11) is 5.62. The predicted octanol–water partition coefficient (Wildman–Crippen LogP) is 5.87. The van der Waals surface area contributed by atoms with Crippen LogP contribution in [0.4, 0.5) is 28.9 Å². The number of H-pyrrole nitrogens is 1. The highest BCUT2D eigenvalue weighted by molar-refractivity contribution is 6.07. The maximum absolute atomic E-state index is 15.1. The van der Waals surface area contributed by atoms with Crippen molar-refractivity contribution in [3.8, 4) is 11.1 Å². The van der Waals surface area contributed by atoms with Crippen LogP contribution < -0.4 is 21.1 Å². The second-order valence-electron chi connectivity index (χ2n) is 11.1. The molecule has 226 valence electrons. The van der Waals surface area contributed by atoms with Gasteiger partial charge in [-0.25, -0.2) is 4.39 Å². The molecule has 1 aromatic heterocycles. The maximum atomic E-state index is 15.1. The molecule has 0 aliphatic heterocycles. The summed E-state index contributed by atoms with van der Waals surface area (Å²) in [6, 6.07) is 10.7. The fraction of sp³-hybridized carbons (Fsp3) is 0.419. The molecule has 0 saturated heterocycles.